The Morgan fingerprint density at radius 3 is 2.92 bits per heavy atom. The maximum Gasteiger partial charge on any atom is 0.200 e. The molecule has 4 aromatic heterocycles. The summed E-state index contributed by atoms with van der Waals surface area (Å²) < 4.78 is 7.62. The highest BCUT2D eigenvalue weighted by Gasteiger charge is 2.19. The van der Waals surface area contributed by atoms with Crippen LogP contribution in [0.2, 0.25) is 0 Å². The summed E-state index contributed by atoms with van der Waals surface area (Å²) in [6.45, 7) is 7.23. The minimum atomic E-state index is 0.456. The average molecular weight is 371 g/mol. The van der Waals surface area contributed by atoms with E-state index in [2.05, 4.69) is 51.6 Å². The number of nitrogens with zero attached hydrogens (tertiary/aromatic N) is 5. The lowest BCUT2D eigenvalue weighted by atomic mass is 10.2. The Kier molecular flexibility index (Phi) is 4.30. The van der Waals surface area contributed by atoms with Gasteiger partial charge in [-0.3, -0.25) is 4.57 Å². The Bertz CT molecular complexity index is 1000. The molecule has 0 bridgehead atoms. The second kappa shape index (κ2) is 6.61. The van der Waals surface area contributed by atoms with E-state index in [1.807, 2.05) is 12.1 Å². The van der Waals surface area contributed by atoms with Crippen LogP contribution in [-0.4, -0.2) is 24.7 Å². The fourth-order valence-corrected chi connectivity index (χ4v) is 4.41. The maximum atomic E-state index is 5.52. The second-order valence-corrected chi connectivity index (χ2v) is 8.34. The first-order chi connectivity index (χ1) is 12.1. The molecule has 0 saturated carbocycles. The number of fused-ring (bicyclic) bond motifs is 1. The van der Waals surface area contributed by atoms with E-state index in [0.717, 1.165) is 38.5 Å². The molecule has 0 aliphatic carbocycles. The Morgan fingerprint density at radius 2 is 2.16 bits per heavy atom. The molecule has 0 spiro atoms. The molecule has 0 atom stereocenters. The zero-order valence-corrected chi connectivity index (χ0v) is 15.8. The Hall–Kier alpha value is -2.19. The molecule has 25 heavy (non-hydrogen) atoms. The van der Waals surface area contributed by atoms with E-state index in [1.54, 1.807) is 23.9 Å². The number of aromatic nitrogens is 5. The number of hydrogen-bond donors (Lipinski definition) is 0. The van der Waals surface area contributed by atoms with Crippen LogP contribution in [0.1, 0.15) is 18.7 Å². The van der Waals surface area contributed by atoms with Gasteiger partial charge in [-0.1, -0.05) is 13.8 Å². The van der Waals surface area contributed by atoms with Gasteiger partial charge in [-0.15, -0.1) is 21.5 Å². The van der Waals surface area contributed by atoms with Crippen molar-refractivity contribution in [3.8, 4) is 11.6 Å². The molecular weight excluding hydrogens is 354 g/mol. The Balaban J connectivity index is 1.77. The van der Waals surface area contributed by atoms with Crippen LogP contribution in [0.4, 0.5) is 0 Å². The van der Waals surface area contributed by atoms with Gasteiger partial charge < -0.3 is 4.42 Å². The number of furan rings is 1. The summed E-state index contributed by atoms with van der Waals surface area (Å²) in [5, 5.41) is 11.5. The van der Waals surface area contributed by atoms with E-state index in [9.17, 15) is 0 Å². The van der Waals surface area contributed by atoms with E-state index in [-0.39, 0.29) is 0 Å². The van der Waals surface area contributed by atoms with Crippen molar-refractivity contribution < 1.29 is 4.42 Å². The Morgan fingerprint density at radius 1 is 1.28 bits per heavy atom. The SMILES string of the molecule is Cc1cc2c(Sc3nnc(-c4ccco4)n3CC(C)C)ncnc2s1. The lowest BCUT2D eigenvalue weighted by Crippen LogP contribution is -2.07. The molecule has 128 valence electrons. The van der Waals surface area contributed by atoms with Gasteiger partial charge in [-0.05, 0) is 42.8 Å². The highest BCUT2D eigenvalue weighted by Crippen LogP contribution is 2.35. The summed E-state index contributed by atoms with van der Waals surface area (Å²) >= 11 is 3.19. The van der Waals surface area contributed by atoms with E-state index < -0.39 is 0 Å². The minimum Gasteiger partial charge on any atom is -0.461 e. The molecule has 4 aromatic rings. The summed E-state index contributed by atoms with van der Waals surface area (Å²) in [6.07, 6.45) is 3.26. The van der Waals surface area contributed by atoms with Crippen molar-refractivity contribution >= 4 is 33.3 Å². The topological polar surface area (TPSA) is 69.6 Å². The van der Waals surface area contributed by atoms with Crippen molar-refractivity contribution in [1.82, 2.24) is 24.7 Å². The normalized spacial score (nSPS) is 11.7. The highest BCUT2D eigenvalue weighted by molar-refractivity contribution is 7.99. The van der Waals surface area contributed by atoms with Crippen LogP contribution >= 0.6 is 23.1 Å². The van der Waals surface area contributed by atoms with E-state index in [0.29, 0.717) is 5.92 Å². The summed E-state index contributed by atoms with van der Waals surface area (Å²) in [5.74, 6) is 1.92. The van der Waals surface area contributed by atoms with Crippen LogP contribution in [0.5, 0.6) is 0 Å². The quantitative estimate of drug-likeness (QED) is 0.475. The van der Waals surface area contributed by atoms with Gasteiger partial charge in [0.2, 0.25) is 0 Å². The van der Waals surface area contributed by atoms with Crippen molar-refractivity contribution in [2.45, 2.75) is 37.5 Å². The van der Waals surface area contributed by atoms with Gasteiger partial charge in [0.05, 0.1) is 6.26 Å². The standard InChI is InChI=1S/C17H17N5OS2/c1-10(2)8-22-14(13-5-4-6-23-13)20-21-17(22)25-16-12-7-11(3)24-15(12)18-9-19-16/h4-7,9-10H,8H2,1-3H3. The first-order valence-electron chi connectivity index (χ1n) is 7.98. The number of aryl methyl sites for hydroxylation is 1. The summed E-state index contributed by atoms with van der Waals surface area (Å²) in [6, 6.07) is 5.89. The molecule has 0 fully saturated rings. The van der Waals surface area contributed by atoms with Crippen molar-refractivity contribution in [3.63, 3.8) is 0 Å². The van der Waals surface area contributed by atoms with Gasteiger partial charge in [0, 0.05) is 16.8 Å². The molecule has 0 radical (unpaired) electrons. The van der Waals surface area contributed by atoms with Crippen molar-refractivity contribution in [2.24, 2.45) is 5.92 Å². The van der Waals surface area contributed by atoms with Gasteiger partial charge in [0.25, 0.3) is 0 Å². The minimum absolute atomic E-state index is 0.456. The zero-order chi connectivity index (χ0) is 17.4. The summed E-state index contributed by atoms with van der Waals surface area (Å²) in [5.41, 5.74) is 0. The molecule has 0 aliphatic rings. The van der Waals surface area contributed by atoms with Crippen LogP contribution in [-0.2, 0) is 6.54 Å². The molecule has 0 N–H and O–H groups in total. The van der Waals surface area contributed by atoms with Gasteiger partial charge in [0.15, 0.2) is 16.7 Å². The molecule has 0 unspecified atom stereocenters. The molecule has 4 rings (SSSR count). The maximum absolute atomic E-state index is 5.52. The van der Waals surface area contributed by atoms with Crippen LogP contribution < -0.4 is 0 Å². The Labute approximate surface area is 153 Å². The highest BCUT2D eigenvalue weighted by atomic mass is 32.2. The fourth-order valence-electron chi connectivity index (χ4n) is 2.60. The molecule has 6 nitrogen and oxygen atoms in total. The summed E-state index contributed by atoms with van der Waals surface area (Å²) in [7, 11) is 0. The fraction of sp³-hybridized carbons (Fsp3) is 0.294. The molecule has 0 saturated heterocycles. The summed E-state index contributed by atoms with van der Waals surface area (Å²) in [4.78, 5) is 11.0. The molecule has 8 heteroatoms. The van der Waals surface area contributed by atoms with Gasteiger partial charge in [-0.2, -0.15) is 0 Å². The molecule has 0 aromatic carbocycles. The monoisotopic (exact) mass is 371 g/mol. The van der Waals surface area contributed by atoms with Crippen molar-refractivity contribution in [3.05, 3.63) is 35.7 Å². The first kappa shape index (κ1) is 16.3. The smallest absolute Gasteiger partial charge is 0.200 e. The average Bonchev–Trinajstić information content (AvgIpc) is 3.27. The lowest BCUT2D eigenvalue weighted by Gasteiger charge is -2.11. The molecular formula is C17H17N5OS2. The van der Waals surface area contributed by atoms with Gasteiger partial charge in [0.1, 0.15) is 16.2 Å². The zero-order valence-electron chi connectivity index (χ0n) is 14.1. The van der Waals surface area contributed by atoms with Crippen molar-refractivity contribution in [2.75, 3.05) is 0 Å². The van der Waals surface area contributed by atoms with Gasteiger partial charge in [-0.25, -0.2) is 9.97 Å². The molecule has 4 heterocycles. The lowest BCUT2D eigenvalue weighted by molar-refractivity contribution is 0.489. The predicted octanol–water partition coefficient (Wildman–Crippen LogP) is 4.66. The van der Waals surface area contributed by atoms with E-state index in [4.69, 9.17) is 4.42 Å². The second-order valence-electron chi connectivity index (χ2n) is 6.14. The van der Waals surface area contributed by atoms with Crippen LogP contribution in [0.3, 0.4) is 0 Å². The van der Waals surface area contributed by atoms with Gasteiger partial charge >= 0.3 is 0 Å². The first-order valence-corrected chi connectivity index (χ1v) is 9.61. The molecule has 0 aliphatic heterocycles. The number of rotatable bonds is 5. The predicted molar refractivity (Wildman–Crippen MR) is 98.8 cm³/mol. The number of thiophene rings is 1. The van der Waals surface area contributed by atoms with E-state index in [1.165, 1.54) is 16.6 Å². The van der Waals surface area contributed by atoms with Crippen LogP contribution in [0.15, 0.2) is 45.4 Å². The van der Waals surface area contributed by atoms with Crippen LogP contribution in [0, 0.1) is 12.8 Å². The van der Waals surface area contributed by atoms with E-state index >= 15 is 0 Å². The largest absolute Gasteiger partial charge is 0.461 e. The van der Waals surface area contributed by atoms with Crippen LogP contribution in [0.25, 0.3) is 21.8 Å². The third-order valence-electron chi connectivity index (χ3n) is 3.61. The number of hydrogen-bond acceptors (Lipinski definition) is 7. The third-order valence-corrected chi connectivity index (χ3v) is 5.57. The van der Waals surface area contributed by atoms with Crippen molar-refractivity contribution in [1.29, 1.82) is 0 Å². The third kappa shape index (κ3) is 3.19. The molecule has 0 amide bonds.